The van der Waals surface area contributed by atoms with Gasteiger partial charge in [-0.25, -0.2) is 9.07 Å². The highest BCUT2D eigenvalue weighted by Crippen LogP contribution is 2.27. The van der Waals surface area contributed by atoms with Crippen molar-refractivity contribution in [1.29, 1.82) is 0 Å². The van der Waals surface area contributed by atoms with E-state index in [-0.39, 0.29) is 12.4 Å². The maximum atomic E-state index is 13.2. The van der Waals surface area contributed by atoms with Gasteiger partial charge in [-0.15, -0.1) is 0 Å². The molecular formula is C20H19FN6O. The molecule has 0 amide bonds. The number of aliphatic hydroxyl groups excluding tert-OH is 1. The van der Waals surface area contributed by atoms with Crippen molar-refractivity contribution in [3.63, 3.8) is 0 Å². The van der Waals surface area contributed by atoms with E-state index in [9.17, 15) is 4.39 Å². The van der Waals surface area contributed by atoms with Crippen LogP contribution in [0.15, 0.2) is 60.8 Å². The number of aromatic nitrogens is 4. The lowest BCUT2D eigenvalue weighted by molar-refractivity contribution is 0.292. The smallest absolute Gasteiger partial charge is 0.226 e. The highest BCUT2D eigenvalue weighted by molar-refractivity contribution is 5.90. The summed E-state index contributed by atoms with van der Waals surface area (Å²) in [6, 6.07) is 15.7. The van der Waals surface area contributed by atoms with E-state index < -0.39 is 0 Å². The Morgan fingerprint density at radius 1 is 1.00 bits per heavy atom. The Kier molecular flexibility index (Phi) is 5.11. The van der Waals surface area contributed by atoms with Crippen LogP contribution in [0.1, 0.15) is 6.42 Å². The van der Waals surface area contributed by atoms with Gasteiger partial charge in [0.15, 0.2) is 5.65 Å². The Morgan fingerprint density at radius 3 is 2.54 bits per heavy atom. The zero-order chi connectivity index (χ0) is 19.3. The van der Waals surface area contributed by atoms with E-state index in [0.717, 1.165) is 11.1 Å². The van der Waals surface area contributed by atoms with Crippen LogP contribution in [-0.4, -0.2) is 38.0 Å². The predicted molar refractivity (Wildman–Crippen MR) is 107 cm³/mol. The third-order valence-electron chi connectivity index (χ3n) is 4.15. The fraction of sp³-hybridized carbons (Fsp3) is 0.150. The van der Waals surface area contributed by atoms with Gasteiger partial charge in [-0.1, -0.05) is 18.2 Å². The van der Waals surface area contributed by atoms with E-state index in [2.05, 4.69) is 25.7 Å². The number of hydrogen-bond donors (Lipinski definition) is 3. The van der Waals surface area contributed by atoms with Crippen molar-refractivity contribution >= 4 is 28.5 Å². The first-order valence-electron chi connectivity index (χ1n) is 8.93. The van der Waals surface area contributed by atoms with Crippen LogP contribution in [0.4, 0.5) is 21.8 Å². The van der Waals surface area contributed by atoms with E-state index >= 15 is 0 Å². The van der Waals surface area contributed by atoms with Gasteiger partial charge in [-0.2, -0.15) is 15.1 Å². The van der Waals surface area contributed by atoms with Gasteiger partial charge in [0.25, 0.3) is 0 Å². The van der Waals surface area contributed by atoms with Crippen LogP contribution in [-0.2, 0) is 0 Å². The third-order valence-corrected chi connectivity index (χ3v) is 4.15. The molecule has 7 nitrogen and oxygen atoms in total. The molecule has 0 fully saturated rings. The van der Waals surface area contributed by atoms with Crippen LogP contribution in [0.5, 0.6) is 0 Å². The van der Waals surface area contributed by atoms with Gasteiger partial charge in [0.1, 0.15) is 11.6 Å². The third kappa shape index (κ3) is 3.77. The van der Waals surface area contributed by atoms with E-state index in [1.165, 1.54) is 12.1 Å². The molecule has 0 saturated heterocycles. The molecule has 28 heavy (non-hydrogen) atoms. The normalized spacial score (nSPS) is 10.9. The molecule has 4 rings (SSSR count). The number of anilines is 3. The largest absolute Gasteiger partial charge is 0.396 e. The minimum atomic E-state index is -0.304. The zero-order valence-electron chi connectivity index (χ0n) is 15.0. The standard InChI is InChI=1S/C20H19FN6O/c21-14-7-9-15(10-8-14)24-18-17-13-23-27(16-5-2-1-3-6-16)19(17)26-20(25-18)22-11-4-12-28/h1-3,5-10,13,28H,4,11-12H2,(H2,22,24,25,26). The number of benzene rings is 2. The molecule has 8 heteroatoms. The van der Waals surface area contributed by atoms with Gasteiger partial charge in [0, 0.05) is 18.8 Å². The summed E-state index contributed by atoms with van der Waals surface area (Å²) < 4.78 is 14.9. The number of rotatable bonds is 7. The van der Waals surface area contributed by atoms with Gasteiger partial charge in [-0.05, 0) is 42.8 Å². The van der Waals surface area contributed by atoms with Crippen molar-refractivity contribution < 1.29 is 9.50 Å². The number of hydrogen-bond acceptors (Lipinski definition) is 6. The highest BCUT2D eigenvalue weighted by atomic mass is 19.1. The van der Waals surface area contributed by atoms with Crippen LogP contribution in [0.25, 0.3) is 16.7 Å². The van der Waals surface area contributed by atoms with Crippen molar-refractivity contribution in [1.82, 2.24) is 19.7 Å². The van der Waals surface area contributed by atoms with Gasteiger partial charge >= 0.3 is 0 Å². The average molecular weight is 378 g/mol. The Balaban J connectivity index is 1.78. The van der Waals surface area contributed by atoms with E-state index in [4.69, 9.17) is 5.11 Å². The lowest BCUT2D eigenvalue weighted by Gasteiger charge is -2.11. The first kappa shape index (κ1) is 17.9. The first-order chi connectivity index (χ1) is 13.7. The van der Waals surface area contributed by atoms with Gasteiger partial charge < -0.3 is 15.7 Å². The predicted octanol–water partition coefficient (Wildman–Crippen LogP) is 3.49. The fourth-order valence-electron chi connectivity index (χ4n) is 2.79. The summed E-state index contributed by atoms with van der Waals surface area (Å²) in [4.78, 5) is 9.13. The number of nitrogens with one attached hydrogen (secondary N) is 2. The number of nitrogens with zero attached hydrogens (tertiary/aromatic N) is 4. The molecule has 0 aliphatic carbocycles. The lowest BCUT2D eigenvalue weighted by Crippen LogP contribution is -2.09. The van der Waals surface area contributed by atoms with E-state index in [1.54, 1.807) is 23.0 Å². The van der Waals surface area contributed by atoms with Gasteiger partial charge in [0.2, 0.25) is 5.95 Å². The molecule has 0 unspecified atom stereocenters. The molecule has 0 aliphatic heterocycles. The summed E-state index contributed by atoms with van der Waals surface area (Å²) in [5, 5.41) is 20.5. The molecule has 0 atom stereocenters. The number of fused-ring (bicyclic) bond motifs is 1. The quantitative estimate of drug-likeness (QED) is 0.427. The molecule has 2 heterocycles. The van der Waals surface area contributed by atoms with Crippen LogP contribution in [0.2, 0.25) is 0 Å². The minimum Gasteiger partial charge on any atom is -0.396 e. The fourth-order valence-corrected chi connectivity index (χ4v) is 2.79. The van der Waals surface area contributed by atoms with E-state index in [1.807, 2.05) is 30.3 Å². The van der Waals surface area contributed by atoms with Crippen LogP contribution in [0.3, 0.4) is 0 Å². The lowest BCUT2D eigenvalue weighted by atomic mass is 10.3. The Labute approximate surface area is 160 Å². The maximum absolute atomic E-state index is 13.2. The number of aliphatic hydroxyl groups is 1. The van der Waals surface area contributed by atoms with Crippen LogP contribution < -0.4 is 10.6 Å². The first-order valence-corrected chi connectivity index (χ1v) is 8.93. The Hall–Kier alpha value is -3.52. The van der Waals surface area contributed by atoms with Crippen LogP contribution >= 0.6 is 0 Å². The zero-order valence-corrected chi connectivity index (χ0v) is 15.0. The molecule has 4 aromatic rings. The molecule has 2 aromatic heterocycles. The Morgan fingerprint density at radius 2 is 1.79 bits per heavy atom. The summed E-state index contributed by atoms with van der Waals surface area (Å²) in [6.45, 7) is 0.620. The van der Waals surface area contributed by atoms with Crippen molar-refractivity contribution in [3.8, 4) is 5.69 Å². The van der Waals surface area contributed by atoms with Gasteiger partial charge in [-0.3, -0.25) is 0 Å². The topological polar surface area (TPSA) is 87.9 Å². The van der Waals surface area contributed by atoms with Crippen molar-refractivity contribution in [2.75, 3.05) is 23.8 Å². The average Bonchev–Trinajstić information content (AvgIpc) is 3.15. The van der Waals surface area contributed by atoms with Crippen molar-refractivity contribution in [2.45, 2.75) is 6.42 Å². The Bertz CT molecular complexity index is 1070. The molecule has 0 spiro atoms. The molecular weight excluding hydrogens is 359 g/mol. The number of halogens is 1. The second-order valence-electron chi connectivity index (χ2n) is 6.16. The maximum Gasteiger partial charge on any atom is 0.226 e. The second kappa shape index (κ2) is 8.01. The molecule has 2 aromatic carbocycles. The second-order valence-corrected chi connectivity index (χ2v) is 6.16. The van der Waals surface area contributed by atoms with Crippen molar-refractivity contribution in [2.24, 2.45) is 0 Å². The molecule has 142 valence electrons. The molecule has 3 N–H and O–H groups in total. The molecule has 0 saturated carbocycles. The molecule has 0 aliphatic rings. The minimum absolute atomic E-state index is 0.0812. The van der Waals surface area contributed by atoms with E-state index in [0.29, 0.717) is 36.1 Å². The summed E-state index contributed by atoms with van der Waals surface area (Å²) in [7, 11) is 0. The number of para-hydroxylation sites is 1. The molecule has 0 bridgehead atoms. The summed E-state index contributed by atoms with van der Waals surface area (Å²) >= 11 is 0. The SMILES string of the molecule is OCCCNc1nc(Nc2ccc(F)cc2)c2cnn(-c3ccccc3)c2n1. The highest BCUT2D eigenvalue weighted by Gasteiger charge is 2.14. The van der Waals surface area contributed by atoms with Crippen molar-refractivity contribution in [3.05, 3.63) is 66.6 Å². The summed E-state index contributed by atoms with van der Waals surface area (Å²) in [5.41, 5.74) is 2.22. The van der Waals surface area contributed by atoms with Crippen LogP contribution in [0, 0.1) is 5.82 Å². The molecule has 0 radical (unpaired) electrons. The van der Waals surface area contributed by atoms with Gasteiger partial charge in [0.05, 0.1) is 17.3 Å². The monoisotopic (exact) mass is 378 g/mol. The summed E-state index contributed by atoms with van der Waals surface area (Å²) in [6.07, 6.45) is 2.28. The summed E-state index contributed by atoms with van der Waals surface area (Å²) in [5.74, 6) is 0.676.